The van der Waals surface area contributed by atoms with E-state index in [9.17, 15) is 9.59 Å². The lowest BCUT2D eigenvalue weighted by Crippen LogP contribution is -2.17. The van der Waals surface area contributed by atoms with Gasteiger partial charge in [0.05, 0.1) is 11.8 Å². The van der Waals surface area contributed by atoms with Gasteiger partial charge in [0.1, 0.15) is 18.1 Å². The third-order valence-corrected chi connectivity index (χ3v) is 4.50. The fraction of sp³-hybridized carbons (Fsp3) is 0.318. The molecule has 0 saturated heterocycles. The zero-order chi connectivity index (χ0) is 22.5. The molecule has 9 heteroatoms. The van der Waals surface area contributed by atoms with Crippen LogP contribution in [0.4, 0.5) is 5.69 Å². The van der Waals surface area contributed by atoms with Gasteiger partial charge in [0.15, 0.2) is 11.5 Å². The highest BCUT2D eigenvalue weighted by Crippen LogP contribution is 2.23. The van der Waals surface area contributed by atoms with Gasteiger partial charge in [-0.25, -0.2) is 4.79 Å². The molecule has 1 aromatic carbocycles. The Kier molecular flexibility index (Phi) is 7.02. The van der Waals surface area contributed by atoms with E-state index in [2.05, 4.69) is 10.4 Å². The lowest BCUT2D eigenvalue weighted by atomic mass is 10.2. The van der Waals surface area contributed by atoms with Gasteiger partial charge >= 0.3 is 5.97 Å². The Balaban J connectivity index is 1.68. The summed E-state index contributed by atoms with van der Waals surface area (Å²) in [6.07, 6.45) is 1.27. The summed E-state index contributed by atoms with van der Waals surface area (Å²) >= 11 is 5.95. The number of halogens is 1. The van der Waals surface area contributed by atoms with Crippen LogP contribution in [0.1, 0.15) is 53.1 Å². The number of ether oxygens (including phenoxy) is 2. The molecule has 2 heterocycles. The van der Waals surface area contributed by atoms with Gasteiger partial charge in [-0.1, -0.05) is 11.6 Å². The maximum Gasteiger partial charge on any atom is 0.361 e. The molecule has 0 fully saturated rings. The number of carbonyl (C=O) groups is 2. The zero-order valence-electron chi connectivity index (χ0n) is 17.8. The fourth-order valence-corrected chi connectivity index (χ4v) is 3.01. The van der Waals surface area contributed by atoms with Crippen LogP contribution in [0.2, 0.25) is 5.02 Å². The van der Waals surface area contributed by atoms with Crippen molar-refractivity contribution in [1.82, 2.24) is 9.78 Å². The summed E-state index contributed by atoms with van der Waals surface area (Å²) in [5.41, 5.74) is 1.19. The van der Waals surface area contributed by atoms with Crippen LogP contribution >= 0.6 is 11.6 Å². The third-order valence-electron chi connectivity index (χ3n) is 4.26. The number of nitrogens with zero attached hydrogens (tertiary/aromatic N) is 2. The van der Waals surface area contributed by atoms with Gasteiger partial charge in [0, 0.05) is 17.8 Å². The summed E-state index contributed by atoms with van der Waals surface area (Å²) in [6, 6.07) is 8.51. The number of furan rings is 1. The fourth-order valence-electron chi connectivity index (χ4n) is 2.78. The van der Waals surface area contributed by atoms with Crippen molar-refractivity contribution in [3.05, 3.63) is 64.3 Å². The van der Waals surface area contributed by atoms with Crippen LogP contribution in [0.15, 0.2) is 40.9 Å². The Bertz CT molecular complexity index is 1090. The number of benzene rings is 1. The first-order chi connectivity index (χ1) is 14.8. The first-order valence-electron chi connectivity index (χ1n) is 9.84. The van der Waals surface area contributed by atoms with Gasteiger partial charge in [-0.15, -0.1) is 0 Å². The molecule has 8 nitrogen and oxygen atoms in total. The second-order valence-corrected chi connectivity index (χ2v) is 7.56. The number of amides is 1. The number of hydrogen-bond acceptors (Lipinski definition) is 6. The molecule has 0 aliphatic carbocycles. The minimum Gasteiger partial charge on any atom is -0.485 e. The third kappa shape index (κ3) is 5.67. The number of aryl methyl sites for hydroxylation is 2. The van der Waals surface area contributed by atoms with E-state index in [0.717, 1.165) is 5.56 Å². The average Bonchev–Trinajstić information content (AvgIpc) is 3.34. The summed E-state index contributed by atoms with van der Waals surface area (Å²) in [5, 5.41) is 7.47. The Hall–Kier alpha value is -3.26. The Morgan fingerprint density at radius 2 is 2.03 bits per heavy atom. The van der Waals surface area contributed by atoms with Crippen LogP contribution in [0.25, 0.3) is 0 Å². The van der Waals surface area contributed by atoms with Crippen molar-refractivity contribution < 1.29 is 23.5 Å². The van der Waals surface area contributed by atoms with E-state index in [1.165, 1.54) is 0 Å². The standard InChI is InChI=1S/C22H24ClN3O5/c1-5-26-11-17(20(25-26)22(28)30-13(2)3)24-21(27)19-9-7-16(31-19)12-29-18-8-6-15(23)10-14(18)4/h6-11,13H,5,12H2,1-4H3,(H,24,27). The Labute approximate surface area is 185 Å². The Morgan fingerprint density at radius 1 is 1.26 bits per heavy atom. The van der Waals surface area contributed by atoms with Crippen molar-refractivity contribution in [1.29, 1.82) is 0 Å². The van der Waals surface area contributed by atoms with Crippen LogP contribution in [-0.4, -0.2) is 27.8 Å². The van der Waals surface area contributed by atoms with E-state index in [1.807, 2.05) is 13.8 Å². The summed E-state index contributed by atoms with van der Waals surface area (Å²) in [4.78, 5) is 24.9. The first-order valence-corrected chi connectivity index (χ1v) is 10.2. The Morgan fingerprint density at radius 3 is 2.71 bits per heavy atom. The van der Waals surface area contributed by atoms with Gasteiger partial charge < -0.3 is 19.2 Å². The average molecular weight is 446 g/mol. The number of carbonyl (C=O) groups excluding carboxylic acids is 2. The molecule has 0 spiro atoms. The lowest BCUT2D eigenvalue weighted by molar-refractivity contribution is 0.0371. The summed E-state index contributed by atoms with van der Waals surface area (Å²) in [6.45, 7) is 7.92. The van der Waals surface area contributed by atoms with Gasteiger partial charge in [-0.2, -0.15) is 5.10 Å². The minimum atomic E-state index is -0.607. The topological polar surface area (TPSA) is 95.6 Å². The highest BCUT2D eigenvalue weighted by Gasteiger charge is 2.22. The van der Waals surface area contributed by atoms with E-state index in [-0.39, 0.29) is 29.9 Å². The number of aromatic nitrogens is 2. The van der Waals surface area contributed by atoms with Crippen molar-refractivity contribution >= 4 is 29.2 Å². The summed E-state index contributed by atoms with van der Waals surface area (Å²) in [7, 11) is 0. The van der Waals surface area contributed by atoms with E-state index < -0.39 is 11.9 Å². The lowest BCUT2D eigenvalue weighted by Gasteiger charge is -2.08. The van der Waals surface area contributed by atoms with Crippen LogP contribution < -0.4 is 10.1 Å². The quantitative estimate of drug-likeness (QED) is 0.498. The summed E-state index contributed by atoms with van der Waals surface area (Å²) in [5.74, 6) is 0.113. The van der Waals surface area contributed by atoms with Gasteiger partial charge in [-0.05, 0) is 63.6 Å². The molecule has 0 unspecified atom stereocenters. The molecule has 31 heavy (non-hydrogen) atoms. The van der Waals surface area contributed by atoms with Crippen LogP contribution in [0.5, 0.6) is 5.75 Å². The van der Waals surface area contributed by atoms with Crippen molar-refractivity contribution in [2.45, 2.75) is 47.0 Å². The molecule has 0 aliphatic heterocycles. The normalized spacial score (nSPS) is 10.9. The van der Waals surface area contributed by atoms with E-state index in [0.29, 0.717) is 23.1 Å². The molecule has 3 rings (SSSR count). The summed E-state index contributed by atoms with van der Waals surface area (Å²) < 4.78 is 18.1. The molecule has 3 aromatic rings. The largest absolute Gasteiger partial charge is 0.485 e. The number of nitrogens with one attached hydrogen (secondary N) is 1. The molecular weight excluding hydrogens is 422 g/mol. The SMILES string of the molecule is CCn1cc(NC(=O)c2ccc(COc3ccc(Cl)cc3C)o2)c(C(=O)OC(C)C)n1. The zero-order valence-corrected chi connectivity index (χ0v) is 18.5. The maximum absolute atomic E-state index is 12.6. The number of hydrogen-bond donors (Lipinski definition) is 1. The molecule has 1 amide bonds. The van der Waals surface area contributed by atoms with E-state index in [4.69, 9.17) is 25.5 Å². The molecule has 0 atom stereocenters. The molecule has 0 bridgehead atoms. The molecule has 0 aliphatic rings. The van der Waals surface area contributed by atoms with Gasteiger partial charge in [0.25, 0.3) is 5.91 Å². The number of esters is 1. The molecule has 0 saturated carbocycles. The van der Waals surface area contributed by atoms with Crippen LogP contribution in [0.3, 0.4) is 0 Å². The first kappa shape index (κ1) is 22.4. The minimum absolute atomic E-state index is 0.0391. The second-order valence-electron chi connectivity index (χ2n) is 7.12. The highest BCUT2D eigenvalue weighted by atomic mass is 35.5. The molecule has 164 valence electrons. The number of anilines is 1. The van der Waals surface area contributed by atoms with Crippen LogP contribution in [0, 0.1) is 6.92 Å². The number of rotatable bonds is 8. The molecular formula is C22H24ClN3O5. The molecule has 2 aromatic heterocycles. The molecule has 1 N–H and O–H groups in total. The highest BCUT2D eigenvalue weighted by molar-refractivity contribution is 6.30. The van der Waals surface area contributed by atoms with Crippen molar-refractivity contribution in [3.8, 4) is 5.75 Å². The van der Waals surface area contributed by atoms with Crippen molar-refractivity contribution in [3.63, 3.8) is 0 Å². The van der Waals surface area contributed by atoms with Crippen LogP contribution in [-0.2, 0) is 17.9 Å². The maximum atomic E-state index is 12.6. The second kappa shape index (κ2) is 9.70. The van der Waals surface area contributed by atoms with Gasteiger partial charge in [-0.3, -0.25) is 9.48 Å². The molecule has 0 radical (unpaired) electrons. The van der Waals surface area contributed by atoms with Crippen molar-refractivity contribution in [2.24, 2.45) is 0 Å². The van der Waals surface area contributed by atoms with Crippen molar-refractivity contribution in [2.75, 3.05) is 5.32 Å². The predicted octanol–water partition coefficient (Wildman–Crippen LogP) is 4.85. The smallest absolute Gasteiger partial charge is 0.361 e. The van der Waals surface area contributed by atoms with Gasteiger partial charge in [0.2, 0.25) is 0 Å². The monoisotopic (exact) mass is 445 g/mol. The van der Waals surface area contributed by atoms with E-state index in [1.54, 1.807) is 55.1 Å². The van der Waals surface area contributed by atoms with E-state index >= 15 is 0 Å². The predicted molar refractivity (Wildman–Crippen MR) is 116 cm³/mol.